The molecule has 0 unspecified atom stereocenters. The third-order valence-electron chi connectivity index (χ3n) is 4.92. The number of anilines is 2. The molecule has 2 N–H and O–H groups in total. The van der Waals surface area contributed by atoms with Crippen LogP contribution in [0, 0.1) is 0 Å². The van der Waals surface area contributed by atoms with Crippen LogP contribution >= 0.6 is 23.4 Å². The molecule has 0 spiro atoms. The summed E-state index contributed by atoms with van der Waals surface area (Å²) in [6, 6.07) is 20.7. The Bertz CT molecular complexity index is 1290. The van der Waals surface area contributed by atoms with Gasteiger partial charge in [-0.05, 0) is 54.1 Å². The number of aromatic nitrogens is 3. The van der Waals surface area contributed by atoms with E-state index in [2.05, 4.69) is 20.8 Å². The molecule has 0 saturated carbocycles. The van der Waals surface area contributed by atoms with Gasteiger partial charge in [0.25, 0.3) is 0 Å². The second-order valence-electron chi connectivity index (χ2n) is 7.27. The first-order valence-corrected chi connectivity index (χ1v) is 11.8. The third-order valence-corrected chi connectivity index (χ3v) is 6.14. The maximum Gasteiger partial charge on any atom is 0.234 e. The van der Waals surface area contributed by atoms with E-state index < -0.39 is 0 Å². The highest BCUT2D eigenvalue weighted by Crippen LogP contribution is 2.21. The molecule has 9 heteroatoms. The molecule has 4 rings (SSSR count). The minimum absolute atomic E-state index is 0.0767. The van der Waals surface area contributed by atoms with Gasteiger partial charge in [0.15, 0.2) is 5.16 Å². The van der Waals surface area contributed by atoms with Crippen LogP contribution in [-0.2, 0) is 22.6 Å². The van der Waals surface area contributed by atoms with Crippen molar-refractivity contribution in [2.24, 2.45) is 0 Å². The van der Waals surface area contributed by atoms with Crippen LogP contribution in [0.1, 0.15) is 12.7 Å². The lowest BCUT2D eigenvalue weighted by atomic mass is 10.1. The van der Waals surface area contributed by atoms with Gasteiger partial charge in [0.05, 0.1) is 12.2 Å². The zero-order chi connectivity index (χ0) is 23.2. The molecule has 0 aliphatic heterocycles. The van der Waals surface area contributed by atoms with Gasteiger partial charge in [-0.3, -0.25) is 9.59 Å². The molecule has 2 amide bonds. The number of fused-ring (bicyclic) bond motifs is 1. The second kappa shape index (κ2) is 10.5. The fraction of sp³-hybridized carbons (Fsp3) is 0.167. The van der Waals surface area contributed by atoms with Crippen molar-refractivity contribution in [3.63, 3.8) is 0 Å². The topological polar surface area (TPSA) is 88.9 Å². The molecule has 33 heavy (non-hydrogen) atoms. The Hall–Kier alpha value is -3.36. The Labute approximate surface area is 200 Å². The standard InChI is InChI=1S/C24H22ClN5O2S/c1-2-30-21(14-22(31)26-19-11-8-18(25)9-12-19)28-29-24(30)33-15-23(32)27-20-10-7-16-5-3-4-6-17(16)13-20/h3-13H,2,14-15H2,1H3,(H,26,31)(H,27,32). The highest BCUT2D eigenvalue weighted by atomic mass is 35.5. The van der Waals surface area contributed by atoms with Crippen LogP contribution in [0.25, 0.3) is 10.8 Å². The number of rotatable bonds is 8. The number of benzene rings is 3. The van der Waals surface area contributed by atoms with E-state index in [0.29, 0.717) is 28.2 Å². The SMILES string of the molecule is CCn1c(CC(=O)Nc2ccc(Cl)cc2)nnc1SCC(=O)Nc1ccc2ccccc2c1. The van der Waals surface area contributed by atoms with E-state index in [-0.39, 0.29) is 24.0 Å². The van der Waals surface area contributed by atoms with Gasteiger partial charge in [-0.15, -0.1) is 10.2 Å². The zero-order valence-electron chi connectivity index (χ0n) is 17.9. The molecule has 0 bridgehead atoms. The summed E-state index contributed by atoms with van der Waals surface area (Å²) >= 11 is 7.16. The fourth-order valence-electron chi connectivity index (χ4n) is 3.35. The van der Waals surface area contributed by atoms with Crippen molar-refractivity contribution < 1.29 is 9.59 Å². The summed E-state index contributed by atoms with van der Waals surface area (Å²) < 4.78 is 1.84. The van der Waals surface area contributed by atoms with E-state index in [1.807, 2.05) is 54.0 Å². The lowest BCUT2D eigenvalue weighted by Gasteiger charge is -2.09. The van der Waals surface area contributed by atoms with E-state index in [0.717, 1.165) is 16.5 Å². The van der Waals surface area contributed by atoms with Crippen molar-refractivity contribution in [1.29, 1.82) is 0 Å². The summed E-state index contributed by atoms with van der Waals surface area (Å²) in [6.45, 7) is 2.54. The maximum absolute atomic E-state index is 12.5. The van der Waals surface area contributed by atoms with Crippen LogP contribution in [0.2, 0.25) is 5.02 Å². The maximum atomic E-state index is 12.5. The molecule has 0 atom stereocenters. The molecule has 0 aliphatic carbocycles. The van der Waals surface area contributed by atoms with Gasteiger partial charge in [0.2, 0.25) is 11.8 Å². The van der Waals surface area contributed by atoms with Crippen LogP contribution in [-0.4, -0.2) is 32.3 Å². The molecule has 0 saturated heterocycles. The molecule has 3 aromatic carbocycles. The van der Waals surface area contributed by atoms with E-state index >= 15 is 0 Å². The smallest absolute Gasteiger partial charge is 0.234 e. The van der Waals surface area contributed by atoms with Crippen LogP contribution in [0.4, 0.5) is 11.4 Å². The first-order chi connectivity index (χ1) is 16.0. The number of thioether (sulfide) groups is 1. The summed E-state index contributed by atoms with van der Waals surface area (Å²) in [5.74, 6) is 0.386. The van der Waals surface area contributed by atoms with E-state index in [4.69, 9.17) is 11.6 Å². The van der Waals surface area contributed by atoms with E-state index in [1.165, 1.54) is 11.8 Å². The summed E-state index contributed by atoms with van der Waals surface area (Å²) in [5.41, 5.74) is 1.41. The van der Waals surface area contributed by atoms with Crippen molar-refractivity contribution >= 4 is 57.3 Å². The number of hydrogen-bond acceptors (Lipinski definition) is 5. The van der Waals surface area contributed by atoms with Gasteiger partial charge in [0, 0.05) is 22.9 Å². The van der Waals surface area contributed by atoms with Gasteiger partial charge in [-0.2, -0.15) is 0 Å². The second-order valence-corrected chi connectivity index (χ2v) is 8.65. The molecule has 4 aromatic rings. The van der Waals surface area contributed by atoms with Crippen molar-refractivity contribution in [1.82, 2.24) is 14.8 Å². The summed E-state index contributed by atoms with van der Waals surface area (Å²) in [6.07, 6.45) is 0.0767. The summed E-state index contributed by atoms with van der Waals surface area (Å²) in [4.78, 5) is 24.9. The Morgan fingerprint density at radius 3 is 2.36 bits per heavy atom. The number of carbonyl (C=O) groups excluding carboxylic acids is 2. The third kappa shape index (κ3) is 5.91. The number of hydrogen-bond donors (Lipinski definition) is 2. The Morgan fingerprint density at radius 2 is 1.61 bits per heavy atom. The van der Waals surface area contributed by atoms with Crippen LogP contribution in [0.15, 0.2) is 71.9 Å². The Balaban J connectivity index is 1.34. The largest absolute Gasteiger partial charge is 0.326 e. The van der Waals surface area contributed by atoms with Crippen LogP contribution < -0.4 is 10.6 Å². The van der Waals surface area contributed by atoms with Gasteiger partial charge in [-0.25, -0.2) is 0 Å². The predicted molar refractivity (Wildman–Crippen MR) is 133 cm³/mol. The molecular formula is C24H22ClN5O2S. The van der Waals surface area contributed by atoms with Crippen molar-refractivity contribution in [3.8, 4) is 0 Å². The van der Waals surface area contributed by atoms with Crippen molar-refractivity contribution in [2.75, 3.05) is 16.4 Å². The fourth-order valence-corrected chi connectivity index (χ4v) is 4.30. The number of nitrogens with zero attached hydrogens (tertiary/aromatic N) is 3. The lowest BCUT2D eigenvalue weighted by Crippen LogP contribution is -2.18. The molecule has 168 valence electrons. The zero-order valence-corrected chi connectivity index (χ0v) is 19.5. The minimum atomic E-state index is -0.204. The summed E-state index contributed by atoms with van der Waals surface area (Å²) in [7, 11) is 0. The van der Waals surface area contributed by atoms with Crippen molar-refractivity contribution in [2.45, 2.75) is 25.0 Å². The first kappa shape index (κ1) is 22.8. The number of nitrogens with one attached hydrogen (secondary N) is 2. The number of amides is 2. The molecular weight excluding hydrogens is 458 g/mol. The van der Waals surface area contributed by atoms with Crippen LogP contribution in [0.5, 0.6) is 0 Å². The Kier molecular flexibility index (Phi) is 7.26. The molecule has 0 aliphatic rings. The number of halogens is 1. The first-order valence-electron chi connectivity index (χ1n) is 10.4. The van der Waals surface area contributed by atoms with Crippen LogP contribution in [0.3, 0.4) is 0 Å². The molecule has 0 fully saturated rings. The van der Waals surface area contributed by atoms with E-state index in [1.54, 1.807) is 24.3 Å². The average Bonchev–Trinajstić information content (AvgIpc) is 3.20. The highest BCUT2D eigenvalue weighted by Gasteiger charge is 2.16. The minimum Gasteiger partial charge on any atom is -0.326 e. The van der Waals surface area contributed by atoms with Gasteiger partial charge >= 0.3 is 0 Å². The highest BCUT2D eigenvalue weighted by molar-refractivity contribution is 7.99. The lowest BCUT2D eigenvalue weighted by molar-refractivity contribution is -0.116. The van der Waals surface area contributed by atoms with Gasteiger partial charge in [0.1, 0.15) is 5.82 Å². The normalized spacial score (nSPS) is 10.8. The van der Waals surface area contributed by atoms with Gasteiger partial charge in [-0.1, -0.05) is 53.7 Å². The molecule has 1 heterocycles. The van der Waals surface area contributed by atoms with Gasteiger partial charge < -0.3 is 15.2 Å². The Morgan fingerprint density at radius 1 is 0.909 bits per heavy atom. The molecule has 7 nitrogen and oxygen atoms in total. The average molecular weight is 480 g/mol. The summed E-state index contributed by atoms with van der Waals surface area (Å²) in [5, 5.41) is 17.5. The predicted octanol–water partition coefficient (Wildman–Crippen LogP) is 5.02. The van der Waals surface area contributed by atoms with E-state index in [9.17, 15) is 9.59 Å². The monoisotopic (exact) mass is 479 g/mol. The molecule has 0 radical (unpaired) electrons. The molecule has 1 aromatic heterocycles. The number of carbonyl (C=O) groups is 2. The quantitative estimate of drug-likeness (QED) is 0.346. The van der Waals surface area contributed by atoms with Crippen molar-refractivity contribution in [3.05, 3.63) is 77.6 Å².